The van der Waals surface area contributed by atoms with Crippen LogP contribution in [-0.4, -0.2) is 7.63 Å². The molecule has 0 aromatic heterocycles. The molecule has 0 spiro atoms. The summed E-state index contributed by atoms with van der Waals surface area (Å²) in [5, 5.41) is 5.43. The molecule has 0 N–H and O–H groups in total. The van der Waals surface area contributed by atoms with Gasteiger partial charge in [-0.25, -0.2) is 0 Å². The molecule has 7 rings (SSSR count). The van der Waals surface area contributed by atoms with Crippen LogP contribution in [0.25, 0.3) is 40.0 Å². The molecular weight excluding hydrogens is 615 g/mol. The summed E-state index contributed by atoms with van der Waals surface area (Å²) in [6, 6.07) is 47.0. The summed E-state index contributed by atoms with van der Waals surface area (Å²) in [4.78, 5) is 0. The average molecular weight is 654 g/mol. The summed E-state index contributed by atoms with van der Waals surface area (Å²) >= 11 is -3.45. The van der Waals surface area contributed by atoms with E-state index in [1.807, 2.05) is 0 Å². The molecule has 43 heavy (non-hydrogen) atoms. The maximum atomic E-state index is 2.72. The summed E-state index contributed by atoms with van der Waals surface area (Å²) in [7, 11) is 2.40. The van der Waals surface area contributed by atoms with Crippen LogP contribution in [0.1, 0.15) is 43.2 Å². The number of hydrogen-bond donors (Lipinski definition) is 0. The Hall–Kier alpha value is -2.91. The molecule has 5 aromatic rings. The number of rotatable bonds is 5. The van der Waals surface area contributed by atoms with E-state index < -0.39 is 14.0 Å². The third-order valence-corrected chi connectivity index (χ3v) is 21.0. The number of allylic oxidation sites excluding steroid dienone is 2. The second kappa shape index (κ2) is 11.9. The second-order valence-corrected chi connectivity index (χ2v) is 33.2. The van der Waals surface area contributed by atoms with Crippen molar-refractivity contribution < 1.29 is 14.0 Å². The maximum absolute atomic E-state index is 3.45. The maximum Gasteiger partial charge on any atom is -0.147 e. The number of benzene rings is 5. The minimum Gasteiger partial charge on any atom is -0.147 e. The van der Waals surface area contributed by atoms with Crippen molar-refractivity contribution in [1.29, 1.82) is 0 Å². The molecule has 2 unspecified atom stereocenters. The van der Waals surface area contributed by atoms with E-state index in [2.05, 4.69) is 165 Å². The van der Waals surface area contributed by atoms with E-state index in [4.69, 9.17) is 0 Å². The van der Waals surface area contributed by atoms with Crippen molar-refractivity contribution in [2.75, 3.05) is 0 Å². The molecule has 0 nitrogen and oxygen atoms in total. The molecule has 2 aliphatic rings. The van der Waals surface area contributed by atoms with Crippen LogP contribution in [0.2, 0.25) is 10.5 Å². The Morgan fingerprint density at radius 3 is 1.40 bits per heavy atom. The summed E-state index contributed by atoms with van der Waals surface area (Å²) in [5.74, 6) is 0. The fourth-order valence-corrected chi connectivity index (χ4v) is 21.0. The van der Waals surface area contributed by atoms with Crippen LogP contribution in [-0.2, 0) is 14.0 Å². The van der Waals surface area contributed by atoms with Gasteiger partial charge in [0, 0.05) is 0 Å². The van der Waals surface area contributed by atoms with Gasteiger partial charge in [-0.3, -0.25) is 0 Å². The zero-order valence-electron chi connectivity index (χ0n) is 25.0. The van der Waals surface area contributed by atoms with Crippen molar-refractivity contribution >= 4 is 50.2 Å². The zero-order chi connectivity index (χ0) is 28.2. The van der Waals surface area contributed by atoms with Crippen molar-refractivity contribution in [2.24, 2.45) is 0 Å². The predicted molar refractivity (Wildman–Crippen MR) is 192 cm³/mol. The molecule has 2 atom stereocenters. The van der Waals surface area contributed by atoms with Crippen molar-refractivity contribution in [3.05, 3.63) is 161 Å². The standard InChI is InChI=1S/C21H15.C16H13.2CH3.2ClH.H2Si.Ti/c1-3-8-16(9-4-1)19-14-18-12-7-13-20(21(18)15-19)17-10-5-2-6-11-17;1-12-10-14-8-5-9-15(16(14)11-12)13-6-3-2-4-7-13;;;;;;/h1-15H;2-11H,1H3;2*1H3;2*1H;1H2;. The van der Waals surface area contributed by atoms with Crippen LogP contribution in [0.3, 0.4) is 0 Å². The Bertz CT molecular complexity index is 1920. The van der Waals surface area contributed by atoms with Gasteiger partial charge in [0.2, 0.25) is 0 Å². The largest absolute Gasteiger partial charge is 0.147 e. The van der Waals surface area contributed by atoms with Crippen molar-refractivity contribution in [1.82, 2.24) is 0 Å². The van der Waals surface area contributed by atoms with Gasteiger partial charge in [0.05, 0.1) is 0 Å². The molecule has 0 bridgehead atoms. The molecule has 216 valence electrons. The summed E-state index contributed by atoms with van der Waals surface area (Å²) in [6.45, 7) is 2.39. The first-order chi connectivity index (χ1) is 19.8. The molecule has 5 aromatic carbocycles. The van der Waals surface area contributed by atoms with Crippen LogP contribution in [0.4, 0.5) is 0 Å². The van der Waals surface area contributed by atoms with Crippen LogP contribution < -0.4 is 0 Å². The molecule has 0 aliphatic heterocycles. The molecule has 4 heteroatoms. The first-order valence-electron chi connectivity index (χ1n) is 14.7. The number of hydrogen-bond acceptors (Lipinski definition) is 0. The van der Waals surface area contributed by atoms with E-state index in [-0.39, 0.29) is 24.8 Å². The van der Waals surface area contributed by atoms with Gasteiger partial charge in [0.25, 0.3) is 0 Å². The SMILES string of the molecule is CC1=Cc2c(-c3ccccc3)cccc2[CH]1[Ti]([CH3])([CH3])(=[SiH2])[CH]1C(c2ccccc2)=Cc2c(-c3ccccc3)cccc21.Cl.Cl. The second-order valence-electron chi connectivity index (χ2n) is 13.0. The summed E-state index contributed by atoms with van der Waals surface area (Å²) in [6.07, 6.45) is 5.05. The number of fused-ring (bicyclic) bond motifs is 2. The number of halogens is 2. The third-order valence-electron chi connectivity index (χ3n) is 9.51. The van der Waals surface area contributed by atoms with Gasteiger partial charge in [0.1, 0.15) is 0 Å². The third kappa shape index (κ3) is 5.26. The minimum absolute atomic E-state index is 0. The van der Waals surface area contributed by atoms with Gasteiger partial charge < -0.3 is 0 Å². The van der Waals surface area contributed by atoms with Gasteiger partial charge in [-0.2, -0.15) is 0 Å². The van der Waals surface area contributed by atoms with Gasteiger partial charge >= 0.3 is 248 Å². The molecule has 0 amide bonds. The molecular formula is C39H38Cl2SiTi. The molecule has 0 heterocycles. The minimum atomic E-state index is -3.45. The Balaban J connectivity index is 0.00000184. The topological polar surface area (TPSA) is 0 Å². The fraction of sp³-hybridized carbons (Fsp3) is 0.128. The van der Waals surface area contributed by atoms with Crippen molar-refractivity contribution in [3.8, 4) is 22.3 Å². The van der Waals surface area contributed by atoms with Gasteiger partial charge in [-0.15, -0.1) is 24.8 Å². The van der Waals surface area contributed by atoms with Gasteiger partial charge in [0.15, 0.2) is 0 Å². The Morgan fingerprint density at radius 1 is 0.488 bits per heavy atom. The van der Waals surface area contributed by atoms with Crippen molar-refractivity contribution in [2.45, 2.75) is 25.8 Å². The van der Waals surface area contributed by atoms with E-state index in [0.717, 1.165) is 0 Å². The normalized spacial score (nSPS) is 17.1. The Morgan fingerprint density at radius 2 is 0.907 bits per heavy atom. The van der Waals surface area contributed by atoms with E-state index in [0.29, 0.717) is 8.45 Å². The van der Waals surface area contributed by atoms with E-state index in [1.165, 1.54) is 61.2 Å². The Kier molecular flexibility index (Phi) is 8.71. The van der Waals surface area contributed by atoms with E-state index >= 15 is 0 Å². The molecule has 0 radical (unpaired) electrons. The van der Waals surface area contributed by atoms with Crippen LogP contribution >= 0.6 is 24.8 Å². The van der Waals surface area contributed by atoms with Crippen LogP contribution in [0, 0.1) is 0 Å². The van der Waals surface area contributed by atoms with Gasteiger partial charge in [-0.05, 0) is 0 Å². The fourth-order valence-electron chi connectivity index (χ4n) is 8.02. The summed E-state index contributed by atoms with van der Waals surface area (Å²) in [5.41, 5.74) is 15.6. The molecule has 0 fully saturated rings. The first-order valence-corrected chi connectivity index (χ1v) is 23.7. The van der Waals surface area contributed by atoms with Crippen LogP contribution in [0.5, 0.6) is 0 Å². The predicted octanol–water partition coefficient (Wildman–Crippen LogP) is 11.0. The Labute approximate surface area is 271 Å². The quantitative estimate of drug-likeness (QED) is 0.166. The monoisotopic (exact) mass is 652 g/mol. The van der Waals surface area contributed by atoms with E-state index in [1.54, 1.807) is 0 Å². The van der Waals surface area contributed by atoms with Gasteiger partial charge in [-0.1, -0.05) is 0 Å². The van der Waals surface area contributed by atoms with E-state index in [9.17, 15) is 0 Å². The molecule has 0 saturated carbocycles. The van der Waals surface area contributed by atoms with Crippen molar-refractivity contribution in [3.63, 3.8) is 0 Å². The average Bonchev–Trinajstić information content (AvgIpc) is 3.57. The van der Waals surface area contributed by atoms with Crippen LogP contribution in [0.15, 0.2) is 133 Å². The zero-order valence-corrected chi connectivity index (χ0v) is 29.6. The summed E-state index contributed by atoms with van der Waals surface area (Å²) < 4.78 is 0.874. The molecule has 0 saturated heterocycles. The molecule has 2 aliphatic carbocycles. The first kappa shape index (κ1) is 31.5. The smallest absolute Gasteiger partial charge is 0.147 e.